The van der Waals surface area contributed by atoms with E-state index in [0.717, 1.165) is 25.5 Å². The van der Waals surface area contributed by atoms with Crippen molar-refractivity contribution in [1.82, 2.24) is 10.2 Å². The van der Waals surface area contributed by atoms with Crippen LogP contribution in [0, 0.1) is 5.41 Å². The van der Waals surface area contributed by atoms with Gasteiger partial charge in [0.15, 0.2) is 0 Å². The highest BCUT2D eigenvalue weighted by Crippen LogP contribution is 2.27. The van der Waals surface area contributed by atoms with Crippen LogP contribution in [0.5, 0.6) is 0 Å². The van der Waals surface area contributed by atoms with E-state index >= 15 is 0 Å². The van der Waals surface area contributed by atoms with Crippen molar-refractivity contribution in [2.24, 2.45) is 4.99 Å². The lowest BCUT2D eigenvalue weighted by molar-refractivity contribution is -0.136. The minimum absolute atomic E-state index is 0.0831. The van der Waals surface area contributed by atoms with E-state index in [0.29, 0.717) is 6.54 Å². The molecule has 1 unspecified atom stereocenters. The first-order valence-corrected chi connectivity index (χ1v) is 6.69. The first kappa shape index (κ1) is 15.6. The van der Waals surface area contributed by atoms with Crippen molar-refractivity contribution in [3.05, 3.63) is 12.3 Å². The van der Waals surface area contributed by atoms with Crippen LogP contribution in [0.3, 0.4) is 0 Å². The highest BCUT2D eigenvalue weighted by atomic mass is 16.2. The highest BCUT2D eigenvalue weighted by Gasteiger charge is 2.36. The van der Waals surface area contributed by atoms with Crippen molar-refractivity contribution in [3.8, 4) is 0 Å². The van der Waals surface area contributed by atoms with Crippen LogP contribution >= 0.6 is 0 Å². The fraction of sp³-hybridized carbons (Fsp3) is 0.643. The number of rotatable bonds is 5. The molecule has 0 radical (unpaired) electrons. The van der Waals surface area contributed by atoms with Crippen molar-refractivity contribution >= 4 is 18.3 Å². The molecule has 106 valence electrons. The predicted molar refractivity (Wildman–Crippen MR) is 78.9 cm³/mol. The minimum atomic E-state index is -0.127. The Labute approximate surface area is 115 Å². The molecule has 1 amide bonds. The van der Waals surface area contributed by atoms with E-state index in [-0.39, 0.29) is 17.5 Å². The Morgan fingerprint density at radius 1 is 1.58 bits per heavy atom. The summed E-state index contributed by atoms with van der Waals surface area (Å²) in [5, 5.41) is 9.93. The summed E-state index contributed by atoms with van der Waals surface area (Å²) < 4.78 is 0. The van der Waals surface area contributed by atoms with Crippen molar-refractivity contribution in [2.45, 2.75) is 44.7 Å². The normalized spacial score (nSPS) is 24.1. The zero-order valence-corrected chi connectivity index (χ0v) is 12.0. The van der Waals surface area contributed by atoms with Gasteiger partial charge < -0.3 is 15.6 Å². The first-order valence-electron chi connectivity index (χ1n) is 6.69. The number of amides is 1. The number of carbonyl (C=O) groups excluding carboxylic acids is 1. The van der Waals surface area contributed by atoms with Crippen molar-refractivity contribution in [1.29, 1.82) is 5.41 Å². The molecule has 0 aromatic heterocycles. The fourth-order valence-corrected chi connectivity index (χ4v) is 2.39. The summed E-state index contributed by atoms with van der Waals surface area (Å²) in [5.74, 6) is 0.158. The van der Waals surface area contributed by atoms with E-state index in [1.54, 1.807) is 6.20 Å². The SMILES string of the molecule is CNC1CCCC(C)(C)N(C/C=C/N=CC=N)C1=O. The van der Waals surface area contributed by atoms with Gasteiger partial charge in [-0.1, -0.05) is 0 Å². The molecule has 0 aromatic carbocycles. The van der Waals surface area contributed by atoms with Gasteiger partial charge in [0.25, 0.3) is 0 Å². The molecule has 1 atom stereocenters. The number of likely N-dealkylation sites (N-methyl/N-ethyl adjacent to an activating group) is 1. The molecule has 0 saturated carbocycles. The van der Waals surface area contributed by atoms with Gasteiger partial charge in [-0.05, 0) is 46.2 Å². The Morgan fingerprint density at radius 2 is 2.32 bits per heavy atom. The zero-order chi connectivity index (χ0) is 14.3. The Bertz CT molecular complexity index is 374. The average molecular weight is 264 g/mol. The van der Waals surface area contributed by atoms with Crippen LogP contribution in [0.1, 0.15) is 33.1 Å². The van der Waals surface area contributed by atoms with Gasteiger partial charge in [0, 0.05) is 30.7 Å². The van der Waals surface area contributed by atoms with Crippen LogP contribution in [0.15, 0.2) is 17.3 Å². The molecular formula is C14H24N4O. The molecule has 0 aromatic rings. The van der Waals surface area contributed by atoms with E-state index in [1.165, 1.54) is 6.21 Å². The van der Waals surface area contributed by atoms with Gasteiger partial charge in [0.1, 0.15) is 0 Å². The molecule has 5 heteroatoms. The van der Waals surface area contributed by atoms with Gasteiger partial charge in [-0.25, -0.2) is 0 Å². The fourth-order valence-electron chi connectivity index (χ4n) is 2.39. The highest BCUT2D eigenvalue weighted by molar-refractivity contribution is 6.14. The number of nitrogens with zero attached hydrogens (tertiary/aromatic N) is 2. The van der Waals surface area contributed by atoms with Gasteiger partial charge >= 0.3 is 0 Å². The van der Waals surface area contributed by atoms with Gasteiger partial charge in [-0.2, -0.15) is 0 Å². The maximum absolute atomic E-state index is 12.5. The van der Waals surface area contributed by atoms with E-state index in [2.05, 4.69) is 24.2 Å². The summed E-state index contributed by atoms with van der Waals surface area (Å²) in [7, 11) is 1.84. The van der Waals surface area contributed by atoms with Crippen molar-refractivity contribution < 1.29 is 4.79 Å². The van der Waals surface area contributed by atoms with E-state index in [1.807, 2.05) is 18.0 Å². The van der Waals surface area contributed by atoms with Crippen LogP contribution < -0.4 is 5.32 Å². The lowest BCUT2D eigenvalue weighted by Gasteiger charge is -2.37. The molecule has 1 aliphatic rings. The van der Waals surface area contributed by atoms with E-state index in [9.17, 15) is 4.79 Å². The number of nitrogens with one attached hydrogen (secondary N) is 2. The summed E-state index contributed by atoms with van der Waals surface area (Å²) >= 11 is 0. The van der Waals surface area contributed by atoms with Crippen LogP contribution in [0.25, 0.3) is 0 Å². The van der Waals surface area contributed by atoms with Crippen LogP contribution in [0.2, 0.25) is 0 Å². The van der Waals surface area contributed by atoms with Gasteiger partial charge in [-0.15, -0.1) is 0 Å². The molecule has 2 N–H and O–H groups in total. The monoisotopic (exact) mass is 264 g/mol. The summed E-state index contributed by atoms with van der Waals surface area (Å²) in [6.45, 7) is 4.77. The lowest BCUT2D eigenvalue weighted by Crippen LogP contribution is -2.52. The standard InChI is InChI=1S/C14H24N4O/c1-14(2)7-4-6-12(16-3)13(19)18(14)11-5-9-17-10-8-15/h5,8-10,12,15-16H,4,6-7,11H2,1-3H3/b9-5+,15-8?,17-10?. The maximum atomic E-state index is 12.5. The van der Waals surface area contributed by atoms with Crippen molar-refractivity contribution in [2.75, 3.05) is 13.6 Å². The summed E-state index contributed by atoms with van der Waals surface area (Å²) in [6, 6.07) is -0.0831. The van der Waals surface area contributed by atoms with E-state index in [4.69, 9.17) is 5.41 Å². The average Bonchev–Trinajstić information content (AvgIpc) is 2.47. The second kappa shape index (κ2) is 7.19. The summed E-state index contributed by atoms with van der Waals surface area (Å²) in [6.07, 6.45) is 8.98. The third-order valence-corrected chi connectivity index (χ3v) is 3.56. The van der Waals surface area contributed by atoms with Crippen LogP contribution in [-0.2, 0) is 4.79 Å². The third kappa shape index (κ3) is 4.28. The molecule has 0 spiro atoms. The molecule has 1 aliphatic heterocycles. The molecule has 0 bridgehead atoms. The maximum Gasteiger partial charge on any atom is 0.240 e. The van der Waals surface area contributed by atoms with E-state index < -0.39 is 0 Å². The number of hydrogen-bond donors (Lipinski definition) is 2. The second-order valence-electron chi connectivity index (χ2n) is 5.34. The Hall–Kier alpha value is -1.49. The molecule has 19 heavy (non-hydrogen) atoms. The Morgan fingerprint density at radius 3 is 2.95 bits per heavy atom. The number of hydrogen-bond acceptors (Lipinski definition) is 4. The van der Waals surface area contributed by atoms with Crippen LogP contribution in [-0.4, -0.2) is 48.4 Å². The Kier molecular flexibility index (Phi) is 5.89. The topological polar surface area (TPSA) is 68.6 Å². The lowest BCUT2D eigenvalue weighted by atomic mass is 9.97. The van der Waals surface area contributed by atoms with Gasteiger partial charge in [0.2, 0.25) is 5.91 Å². The first-order chi connectivity index (χ1) is 9.03. The third-order valence-electron chi connectivity index (χ3n) is 3.56. The molecular weight excluding hydrogens is 240 g/mol. The Balaban J connectivity index is 2.78. The minimum Gasteiger partial charge on any atom is -0.332 e. The molecule has 1 saturated heterocycles. The summed E-state index contributed by atoms with van der Waals surface area (Å²) in [4.78, 5) is 18.3. The zero-order valence-electron chi connectivity index (χ0n) is 12.0. The number of aliphatic imine (C=N–C) groups is 1. The van der Waals surface area contributed by atoms with Crippen LogP contribution in [0.4, 0.5) is 0 Å². The molecule has 0 aliphatic carbocycles. The second-order valence-corrected chi connectivity index (χ2v) is 5.34. The van der Waals surface area contributed by atoms with Gasteiger partial charge in [-0.3, -0.25) is 9.79 Å². The smallest absolute Gasteiger partial charge is 0.240 e. The quantitative estimate of drug-likeness (QED) is 0.741. The predicted octanol–water partition coefficient (Wildman–Crippen LogP) is 1.60. The van der Waals surface area contributed by atoms with Gasteiger partial charge in [0.05, 0.1) is 6.04 Å². The molecule has 1 fully saturated rings. The number of likely N-dealkylation sites (tertiary alicyclic amines) is 1. The molecule has 5 nitrogen and oxygen atoms in total. The number of carbonyl (C=O) groups is 1. The summed E-state index contributed by atoms with van der Waals surface area (Å²) in [5.41, 5.74) is -0.127. The largest absolute Gasteiger partial charge is 0.332 e. The van der Waals surface area contributed by atoms with Crippen molar-refractivity contribution in [3.63, 3.8) is 0 Å². The molecule has 1 heterocycles. The molecule has 1 rings (SSSR count).